The summed E-state index contributed by atoms with van der Waals surface area (Å²) in [6, 6.07) is 9.44. The minimum Gasteiger partial charge on any atom is -0.481 e. The Morgan fingerprint density at radius 1 is 1.21 bits per heavy atom. The number of likely N-dealkylation sites (tertiary alicyclic amines) is 1. The number of alkyl halides is 2. The maximum atomic E-state index is 14.2. The van der Waals surface area contributed by atoms with Gasteiger partial charge in [-0.2, -0.15) is 0 Å². The largest absolute Gasteiger partial charge is 0.481 e. The van der Waals surface area contributed by atoms with Crippen LogP contribution in [0.25, 0.3) is 0 Å². The molecule has 0 unspecified atom stereocenters. The summed E-state index contributed by atoms with van der Waals surface area (Å²) in [5.41, 5.74) is -0.184. The molecule has 4 rings (SSSR count). The molecule has 1 aromatic carbocycles. The van der Waals surface area contributed by atoms with E-state index in [1.54, 1.807) is 38.8 Å². The van der Waals surface area contributed by atoms with E-state index in [1.165, 1.54) is 11.3 Å². The zero-order chi connectivity index (χ0) is 28.3. The van der Waals surface area contributed by atoms with E-state index in [9.17, 15) is 18.4 Å². The molecule has 0 amide bonds. The summed E-state index contributed by atoms with van der Waals surface area (Å²) < 4.78 is 33.5. The number of halogens is 3. The van der Waals surface area contributed by atoms with Crippen LogP contribution >= 0.6 is 22.9 Å². The van der Waals surface area contributed by atoms with Crippen molar-refractivity contribution in [1.82, 2.24) is 15.2 Å². The molecule has 12 heteroatoms. The third kappa shape index (κ3) is 9.14. The molecule has 2 aliphatic rings. The first-order chi connectivity index (χ1) is 17.9. The number of carbonyl (C=O) groups excluding carboxylic acids is 1. The lowest BCUT2D eigenvalue weighted by atomic mass is 9.89. The Balaban J connectivity index is 0.000000348. The van der Waals surface area contributed by atoms with E-state index in [4.69, 9.17) is 21.4 Å². The van der Waals surface area contributed by atoms with Gasteiger partial charge in [0.2, 0.25) is 0 Å². The van der Waals surface area contributed by atoms with Crippen LogP contribution in [-0.2, 0) is 14.3 Å². The molecule has 208 valence electrons. The highest BCUT2D eigenvalue weighted by atomic mass is 35.5. The number of rotatable bonds is 6. The van der Waals surface area contributed by atoms with Crippen molar-refractivity contribution in [3.05, 3.63) is 63.2 Å². The molecule has 2 N–H and O–H groups in total. The van der Waals surface area contributed by atoms with Gasteiger partial charge in [-0.05, 0) is 19.1 Å². The number of ether oxygens (including phenoxy) is 1. The highest BCUT2D eigenvalue weighted by Crippen LogP contribution is 2.43. The minimum absolute atomic E-state index is 0.143. The van der Waals surface area contributed by atoms with Gasteiger partial charge in [0.15, 0.2) is 10.8 Å². The molecular weight excluding hydrogens is 538 g/mol. The molecule has 3 heterocycles. The predicted octanol–water partition coefficient (Wildman–Crippen LogP) is 5.11. The molecule has 0 atom stereocenters. The molecule has 0 bridgehead atoms. The molecule has 2 aliphatic heterocycles. The quantitative estimate of drug-likeness (QED) is 0.465. The van der Waals surface area contributed by atoms with Crippen molar-refractivity contribution in [2.45, 2.75) is 40.0 Å². The smallest absolute Gasteiger partial charge is 0.337 e. The summed E-state index contributed by atoms with van der Waals surface area (Å²) in [6.07, 6.45) is 1.89. The maximum Gasteiger partial charge on any atom is 0.337 e. The van der Waals surface area contributed by atoms with Gasteiger partial charge >= 0.3 is 11.9 Å². The summed E-state index contributed by atoms with van der Waals surface area (Å²) in [5.74, 6) is -3.45. The molecular formula is C26H33ClF2N4O4S. The monoisotopic (exact) mass is 570 g/mol. The van der Waals surface area contributed by atoms with Gasteiger partial charge in [0.25, 0.3) is 5.92 Å². The van der Waals surface area contributed by atoms with Crippen molar-refractivity contribution in [1.29, 1.82) is 0 Å². The molecule has 0 aliphatic carbocycles. The lowest BCUT2D eigenvalue weighted by molar-refractivity contribution is -0.139. The average molecular weight is 571 g/mol. The van der Waals surface area contributed by atoms with Crippen LogP contribution in [0.5, 0.6) is 0 Å². The SMILES string of the molecule is CCC(=O)O.CCOC(=O)C1=C(CN2CC(C)(C)C(F)(F)C2)NC(c2nccs2)=NC1.Clc1ccccc1. The summed E-state index contributed by atoms with van der Waals surface area (Å²) in [4.78, 5) is 31.9. The lowest BCUT2D eigenvalue weighted by Gasteiger charge is -2.25. The van der Waals surface area contributed by atoms with Crippen molar-refractivity contribution < 1.29 is 28.2 Å². The number of thiazole rings is 1. The summed E-state index contributed by atoms with van der Waals surface area (Å²) >= 11 is 6.96. The molecule has 0 radical (unpaired) electrons. The maximum absolute atomic E-state index is 14.2. The van der Waals surface area contributed by atoms with Crippen LogP contribution < -0.4 is 5.32 Å². The van der Waals surface area contributed by atoms with Gasteiger partial charge in [0.05, 0.1) is 25.3 Å². The standard InChI is InChI=1S/C17H22F2N4O2S.C6H5Cl.C3H6O2/c1-4-25-15(24)11-7-21-13(14-20-5-6-26-14)22-12(11)8-23-9-16(2,3)17(18,19)10-23;7-6-4-2-1-3-5-6;1-2-3(4)5/h5-6H,4,7-10H2,1-3H3,(H,21,22);1-5H;2H2,1H3,(H,4,5). The van der Waals surface area contributed by atoms with Crippen LogP contribution in [0.15, 0.2) is 58.2 Å². The number of hydrogen-bond donors (Lipinski definition) is 2. The van der Waals surface area contributed by atoms with Crippen LogP contribution in [-0.4, -0.2) is 71.5 Å². The number of carboxylic acid groups (broad SMARTS) is 1. The molecule has 1 saturated heterocycles. The molecule has 1 aromatic heterocycles. The topological polar surface area (TPSA) is 104 Å². The Morgan fingerprint density at radius 2 is 1.87 bits per heavy atom. The van der Waals surface area contributed by atoms with E-state index in [1.807, 2.05) is 35.7 Å². The zero-order valence-electron chi connectivity index (χ0n) is 21.8. The average Bonchev–Trinajstić information content (AvgIpc) is 3.46. The first kappa shape index (κ1) is 31.3. The normalized spacial score (nSPS) is 17.7. The van der Waals surface area contributed by atoms with E-state index >= 15 is 0 Å². The van der Waals surface area contributed by atoms with E-state index in [-0.39, 0.29) is 39.2 Å². The van der Waals surface area contributed by atoms with Crippen molar-refractivity contribution in [2.75, 3.05) is 32.8 Å². The fourth-order valence-corrected chi connectivity index (χ4v) is 4.23. The van der Waals surface area contributed by atoms with Crippen molar-refractivity contribution in [2.24, 2.45) is 10.4 Å². The zero-order valence-corrected chi connectivity index (χ0v) is 23.4. The molecule has 1 fully saturated rings. The van der Waals surface area contributed by atoms with E-state index in [0.717, 1.165) is 5.02 Å². The molecule has 0 spiro atoms. The number of hydrogen-bond acceptors (Lipinski definition) is 8. The number of aliphatic carboxylic acids is 1. The van der Waals surface area contributed by atoms with Crippen LogP contribution in [0.4, 0.5) is 8.78 Å². The Kier molecular flexibility index (Phi) is 11.8. The van der Waals surface area contributed by atoms with Crippen molar-refractivity contribution >= 4 is 40.7 Å². The molecule has 8 nitrogen and oxygen atoms in total. The van der Waals surface area contributed by atoms with Crippen LogP contribution in [0, 0.1) is 5.41 Å². The number of amidine groups is 1. The van der Waals surface area contributed by atoms with Crippen molar-refractivity contribution in [3.8, 4) is 0 Å². The fraction of sp³-hybridized carbons (Fsp3) is 0.462. The van der Waals surface area contributed by atoms with Gasteiger partial charge in [0, 0.05) is 47.2 Å². The van der Waals surface area contributed by atoms with Gasteiger partial charge in [-0.3, -0.25) is 14.7 Å². The van der Waals surface area contributed by atoms with Crippen LogP contribution in [0.2, 0.25) is 5.02 Å². The Morgan fingerprint density at radius 3 is 2.32 bits per heavy atom. The van der Waals surface area contributed by atoms with Gasteiger partial charge in [-0.15, -0.1) is 11.3 Å². The van der Waals surface area contributed by atoms with Gasteiger partial charge < -0.3 is 15.2 Å². The Bertz CT molecular complexity index is 1110. The van der Waals surface area contributed by atoms with E-state index in [2.05, 4.69) is 15.3 Å². The van der Waals surface area contributed by atoms with Gasteiger partial charge in [-0.25, -0.2) is 18.6 Å². The highest BCUT2D eigenvalue weighted by Gasteiger charge is 2.54. The Hall–Kier alpha value is -2.89. The highest BCUT2D eigenvalue weighted by molar-refractivity contribution is 7.11. The van der Waals surface area contributed by atoms with Crippen LogP contribution in [0.3, 0.4) is 0 Å². The number of aliphatic imine (C=N–C) groups is 1. The van der Waals surface area contributed by atoms with E-state index in [0.29, 0.717) is 22.1 Å². The number of esters is 1. The second kappa shape index (κ2) is 14.3. The van der Waals surface area contributed by atoms with Crippen LogP contribution in [0.1, 0.15) is 39.1 Å². The third-order valence-corrected chi connectivity index (χ3v) is 6.67. The summed E-state index contributed by atoms with van der Waals surface area (Å²) in [6.45, 7) is 6.93. The second-order valence-electron chi connectivity index (χ2n) is 9.08. The number of aromatic nitrogens is 1. The fourth-order valence-electron chi connectivity index (χ4n) is 3.49. The lowest BCUT2D eigenvalue weighted by Crippen LogP contribution is -2.38. The summed E-state index contributed by atoms with van der Waals surface area (Å²) in [5, 5.41) is 14.2. The number of nitrogens with one attached hydrogen (secondary N) is 1. The first-order valence-corrected chi connectivity index (χ1v) is 13.3. The number of benzene rings is 1. The minimum atomic E-state index is -2.78. The third-order valence-electron chi connectivity index (χ3n) is 5.63. The number of carbonyl (C=O) groups is 2. The number of nitrogens with zero attached hydrogens (tertiary/aromatic N) is 3. The van der Waals surface area contributed by atoms with Crippen molar-refractivity contribution in [3.63, 3.8) is 0 Å². The molecule has 0 saturated carbocycles. The van der Waals surface area contributed by atoms with Gasteiger partial charge in [0.1, 0.15) is 0 Å². The number of carboxylic acids is 1. The molecule has 2 aromatic rings. The second-order valence-corrected chi connectivity index (χ2v) is 10.4. The summed E-state index contributed by atoms with van der Waals surface area (Å²) in [7, 11) is 0. The predicted molar refractivity (Wildman–Crippen MR) is 145 cm³/mol. The first-order valence-electron chi connectivity index (χ1n) is 12.0. The van der Waals surface area contributed by atoms with Gasteiger partial charge in [-0.1, -0.05) is 50.6 Å². The Labute approximate surface area is 230 Å². The van der Waals surface area contributed by atoms with E-state index < -0.39 is 23.3 Å². The molecule has 38 heavy (non-hydrogen) atoms.